The molecule has 0 saturated heterocycles. The molecule has 17 heavy (non-hydrogen) atoms. The lowest BCUT2D eigenvalue weighted by Crippen LogP contribution is -2.25. The highest BCUT2D eigenvalue weighted by Crippen LogP contribution is 2.08. The molecule has 1 heterocycles. The molecule has 0 atom stereocenters. The van der Waals surface area contributed by atoms with E-state index in [0.29, 0.717) is 0 Å². The molecule has 2 aromatic rings. The van der Waals surface area contributed by atoms with Crippen LogP contribution in [0.4, 0.5) is 0 Å². The third-order valence-corrected chi connectivity index (χ3v) is 2.17. The first-order valence-electron chi connectivity index (χ1n) is 5.12. The second kappa shape index (κ2) is 4.98. The summed E-state index contributed by atoms with van der Waals surface area (Å²) in [5.74, 6) is -0.177. The lowest BCUT2D eigenvalue weighted by molar-refractivity contribution is 1.00. The molecule has 0 spiro atoms. The number of hydrogen-bond donors (Lipinski definition) is 3. The van der Waals surface area contributed by atoms with Crippen LogP contribution in [0.2, 0.25) is 0 Å². The van der Waals surface area contributed by atoms with Gasteiger partial charge in [-0.15, -0.1) is 0 Å². The molecule has 0 bridgehead atoms. The molecule has 1 aromatic heterocycles. The van der Waals surface area contributed by atoms with E-state index >= 15 is 0 Å². The minimum Gasteiger partial charge on any atom is -0.369 e. The molecule has 0 fully saturated rings. The third kappa shape index (κ3) is 2.94. The van der Waals surface area contributed by atoms with Gasteiger partial charge in [-0.3, -0.25) is 5.41 Å². The predicted molar refractivity (Wildman–Crippen MR) is 68.4 cm³/mol. The Kier molecular flexibility index (Phi) is 3.20. The second-order valence-corrected chi connectivity index (χ2v) is 3.47. The summed E-state index contributed by atoms with van der Waals surface area (Å²) in [6.45, 7) is 0. The van der Waals surface area contributed by atoms with Crippen LogP contribution in [-0.2, 0) is 0 Å². The van der Waals surface area contributed by atoms with Crippen LogP contribution in [0.15, 0.2) is 53.9 Å². The van der Waals surface area contributed by atoms with Crippen molar-refractivity contribution in [2.45, 2.75) is 0 Å². The van der Waals surface area contributed by atoms with Gasteiger partial charge in [-0.1, -0.05) is 18.2 Å². The summed E-state index contributed by atoms with van der Waals surface area (Å²) in [4.78, 5) is 0. The van der Waals surface area contributed by atoms with E-state index in [4.69, 9.17) is 11.1 Å². The number of para-hydroxylation sites is 1. The lowest BCUT2D eigenvalue weighted by atomic mass is 10.3. The Morgan fingerprint density at radius 1 is 1.29 bits per heavy atom. The number of rotatable bonds is 3. The molecule has 0 unspecified atom stereocenters. The van der Waals surface area contributed by atoms with Gasteiger partial charge in [0.25, 0.3) is 0 Å². The average Bonchev–Trinajstić information content (AvgIpc) is 2.78. The second-order valence-electron chi connectivity index (χ2n) is 3.47. The van der Waals surface area contributed by atoms with Crippen LogP contribution in [0, 0.1) is 5.41 Å². The molecule has 0 aliphatic heterocycles. The van der Waals surface area contributed by atoms with Crippen molar-refractivity contribution in [2.24, 2.45) is 10.8 Å². The fraction of sp³-hybridized carbons (Fsp3) is 0. The van der Waals surface area contributed by atoms with Crippen LogP contribution in [0.1, 0.15) is 5.56 Å². The van der Waals surface area contributed by atoms with Crippen molar-refractivity contribution in [1.82, 2.24) is 9.99 Å². The fourth-order valence-corrected chi connectivity index (χ4v) is 1.43. The molecule has 5 heteroatoms. The van der Waals surface area contributed by atoms with Gasteiger partial charge < -0.3 is 10.3 Å². The van der Waals surface area contributed by atoms with Gasteiger partial charge in [-0.25, -0.2) is 5.43 Å². The molecule has 0 saturated carbocycles. The van der Waals surface area contributed by atoms with Gasteiger partial charge >= 0.3 is 0 Å². The third-order valence-electron chi connectivity index (χ3n) is 2.17. The van der Waals surface area contributed by atoms with Crippen molar-refractivity contribution >= 4 is 12.2 Å². The molecule has 0 aliphatic rings. The Balaban J connectivity index is 2.11. The highest BCUT2D eigenvalue weighted by atomic mass is 15.3. The van der Waals surface area contributed by atoms with E-state index in [0.717, 1.165) is 11.3 Å². The Hall–Kier alpha value is -2.56. The quantitative estimate of drug-likeness (QED) is 0.419. The van der Waals surface area contributed by atoms with Crippen molar-refractivity contribution in [1.29, 1.82) is 5.41 Å². The molecule has 2 rings (SSSR count). The number of benzene rings is 1. The minimum absolute atomic E-state index is 0.177. The zero-order valence-electron chi connectivity index (χ0n) is 9.17. The molecular formula is C12H13N5. The van der Waals surface area contributed by atoms with Crippen LogP contribution in [0.5, 0.6) is 0 Å². The lowest BCUT2D eigenvalue weighted by Gasteiger charge is -2.00. The van der Waals surface area contributed by atoms with Crippen molar-refractivity contribution in [3.8, 4) is 5.69 Å². The summed E-state index contributed by atoms with van der Waals surface area (Å²) in [7, 11) is 0. The predicted octanol–water partition coefficient (Wildman–Crippen LogP) is 1.29. The van der Waals surface area contributed by atoms with E-state index in [1.165, 1.54) is 0 Å². The van der Waals surface area contributed by atoms with Gasteiger partial charge in [0.1, 0.15) is 0 Å². The Morgan fingerprint density at radius 2 is 2.06 bits per heavy atom. The van der Waals surface area contributed by atoms with Crippen molar-refractivity contribution in [3.05, 3.63) is 54.4 Å². The van der Waals surface area contributed by atoms with Gasteiger partial charge in [-0.05, 0) is 18.2 Å². The summed E-state index contributed by atoms with van der Waals surface area (Å²) in [5, 5.41) is 10.8. The molecule has 1 aromatic carbocycles. The SMILES string of the molecule is N=C(N)NN=Cc1ccn(-c2ccccc2)c1. The summed E-state index contributed by atoms with van der Waals surface area (Å²) in [6.07, 6.45) is 5.51. The van der Waals surface area contributed by atoms with Crippen LogP contribution in [-0.4, -0.2) is 16.7 Å². The van der Waals surface area contributed by atoms with Gasteiger partial charge in [0, 0.05) is 23.6 Å². The molecule has 86 valence electrons. The van der Waals surface area contributed by atoms with E-state index in [1.54, 1.807) is 6.21 Å². The highest BCUT2D eigenvalue weighted by Gasteiger charge is 1.96. The number of hydrazone groups is 1. The Labute approximate surface area is 99.1 Å². The number of hydrogen-bond acceptors (Lipinski definition) is 2. The first-order valence-corrected chi connectivity index (χ1v) is 5.12. The van der Waals surface area contributed by atoms with Crippen molar-refractivity contribution in [2.75, 3.05) is 0 Å². The highest BCUT2D eigenvalue weighted by molar-refractivity contribution is 5.81. The standard InChI is InChI=1S/C12H13N5/c13-12(14)16-15-8-10-6-7-17(9-10)11-4-2-1-3-5-11/h1-9H,(H4,13,14,16). The smallest absolute Gasteiger partial charge is 0.206 e. The van der Waals surface area contributed by atoms with Gasteiger partial charge in [0.05, 0.1) is 6.21 Å². The summed E-state index contributed by atoms with van der Waals surface area (Å²) in [6, 6.07) is 11.9. The van der Waals surface area contributed by atoms with E-state index < -0.39 is 0 Å². The molecular weight excluding hydrogens is 214 g/mol. The molecule has 4 N–H and O–H groups in total. The van der Waals surface area contributed by atoms with E-state index in [-0.39, 0.29) is 5.96 Å². The number of guanidine groups is 1. The van der Waals surface area contributed by atoms with Crippen molar-refractivity contribution < 1.29 is 0 Å². The first-order chi connectivity index (χ1) is 8.25. The monoisotopic (exact) mass is 227 g/mol. The summed E-state index contributed by atoms with van der Waals surface area (Å²) < 4.78 is 2.00. The zero-order chi connectivity index (χ0) is 12.1. The average molecular weight is 227 g/mol. The molecule has 0 radical (unpaired) electrons. The van der Waals surface area contributed by atoms with E-state index in [1.807, 2.05) is 53.4 Å². The van der Waals surface area contributed by atoms with Gasteiger partial charge in [0.2, 0.25) is 5.96 Å². The van der Waals surface area contributed by atoms with Crippen LogP contribution in [0.3, 0.4) is 0 Å². The first kappa shape index (κ1) is 10.9. The number of nitrogens with two attached hydrogens (primary N) is 1. The van der Waals surface area contributed by atoms with Gasteiger partial charge in [-0.2, -0.15) is 5.10 Å². The van der Waals surface area contributed by atoms with E-state index in [2.05, 4.69) is 10.5 Å². The fourth-order valence-electron chi connectivity index (χ4n) is 1.43. The molecule has 5 nitrogen and oxygen atoms in total. The summed E-state index contributed by atoms with van der Waals surface area (Å²) >= 11 is 0. The number of nitrogens with one attached hydrogen (secondary N) is 2. The maximum Gasteiger partial charge on any atom is 0.206 e. The van der Waals surface area contributed by atoms with Gasteiger partial charge in [0.15, 0.2) is 0 Å². The maximum atomic E-state index is 6.95. The number of nitrogens with zero attached hydrogens (tertiary/aromatic N) is 2. The van der Waals surface area contributed by atoms with Crippen molar-refractivity contribution in [3.63, 3.8) is 0 Å². The topological polar surface area (TPSA) is 79.2 Å². The zero-order valence-corrected chi connectivity index (χ0v) is 9.17. The van der Waals surface area contributed by atoms with E-state index in [9.17, 15) is 0 Å². The van der Waals surface area contributed by atoms with Crippen LogP contribution >= 0.6 is 0 Å². The maximum absolute atomic E-state index is 6.95. The van der Waals surface area contributed by atoms with Crippen LogP contribution < -0.4 is 11.2 Å². The van der Waals surface area contributed by atoms with Crippen LogP contribution in [0.25, 0.3) is 5.69 Å². The Bertz CT molecular complexity index is 527. The Morgan fingerprint density at radius 3 is 2.76 bits per heavy atom. The minimum atomic E-state index is -0.177. The molecule has 0 aliphatic carbocycles. The number of aromatic nitrogens is 1. The normalized spacial score (nSPS) is 10.6. The largest absolute Gasteiger partial charge is 0.369 e. The summed E-state index contributed by atoms with van der Waals surface area (Å²) in [5.41, 5.74) is 9.49. The molecule has 0 amide bonds.